The van der Waals surface area contributed by atoms with Crippen LogP contribution in [0.4, 0.5) is 10.1 Å². The van der Waals surface area contributed by atoms with Crippen LogP contribution in [0.1, 0.15) is 58.8 Å². The number of nitrogens with zero attached hydrogens (tertiary/aromatic N) is 4. The van der Waals surface area contributed by atoms with Gasteiger partial charge in [0.25, 0.3) is 5.91 Å². The van der Waals surface area contributed by atoms with Crippen LogP contribution in [0.25, 0.3) is 28.0 Å². The van der Waals surface area contributed by atoms with E-state index in [2.05, 4.69) is 20.3 Å². The van der Waals surface area contributed by atoms with Crippen molar-refractivity contribution in [3.63, 3.8) is 0 Å². The average Bonchev–Trinajstić information content (AvgIpc) is 3.73. The maximum atomic E-state index is 14.7. The normalized spacial score (nSPS) is 15.0. The Bertz CT molecular complexity index is 1710. The average molecular weight is 535 g/mol. The number of nitriles is 1. The summed E-state index contributed by atoms with van der Waals surface area (Å²) in [6, 6.07) is 14.1. The molecule has 6 rings (SSSR count). The number of halogens is 1. The van der Waals surface area contributed by atoms with Gasteiger partial charge in [0.1, 0.15) is 17.9 Å². The summed E-state index contributed by atoms with van der Waals surface area (Å²) < 4.78 is 14.7. The molecule has 2 amide bonds. The van der Waals surface area contributed by atoms with Gasteiger partial charge in [-0.15, -0.1) is 0 Å². The number of hydrogen-bond acceptors (Lipinski definition) is 5. The minimum atomic E-state index is -0.501. The molecule has 1 aliphatic heterocycles. The van der Waals surface area contributed by atoms with Crippen LogP contribution in [-0.4, -0.2) is 44.8 Å². The fourth-order valence-corrected chi connectivity index (χ4v) is 5.10. The van der Waals surface area contributed by atoms with E-state index in [0.717, 1.165) is 16.7 Å². The number of nitrogens with one attached hydrogen (secondary N) is 2. The predicted octanol–water partition coefficient (Wildman–Crippen LogP) is 5.73. The van der Waals surface area contributed by atoms with Gasteiger partial charge in [-0.1, -0.05) is 18.2 Å². The van der Waals surface area contributed by atoms with Crippen molar-refractivity contribution in [2.24, 2.45) is 0 Å². The number of H-pyrrole nitrogens is 1. The van der Waals surface area contributed by atoms with Crippen molar-refractivity contribution in [3.05, 3.63) is 82.9 Å². The molecule has 1 saturated carbocycles. The number of anilines is 1. The lowest BCUT2D eigenvalue weighted by Gasteiger charge is -2.25. The van der Waals surface area contributed by atoms with Crippen LogP contribution in [0.3, 0.4) is 0 Å². The van der Waals surface area contributed by atoms with Gasteiger partial charge in [0.05, 0.1) is 6.07 Å². The van der Waals surface area contributed by atoms with Crippen molar-refractivity contribution < 1.29 is 14.0 Å². The Kier molecular flexibility index (Phi) is 6.60. The number of aromatic nitrogens is 3. The quantitative estimate of drug-likeness (QED) is 0.328. The van der Waals surface area contributed by atoms with Crippen LogP contribution in [0.15, 0.2) is 54.7 Å². The fourth-order valence-electron chi connectivity index (χ4n) is 5.10. The Morgan fingerprint density at radius 2 is 2.00 bits per heavy atom. The number of fused-ring (bicyclic) bond motifs is 1. The Hall–Kier alpha value is -4.84. The van der Waals surface area contributed by atoms with Gasteiger partial charge in [0, 0.05) is 47.2 Å². The SMILES string of the molecule is Cc1c(NC(=O)c2ccc(C3CC3)cc2)cc(F)cc1-c1ncc2cc(C3=CCN(C(=O)CC#N)CC3)[nH]c2n1. The monoisotopic (exact) mass is 534 g/mol. The second kappa shape index (κ2) is 10.4. The molecule has 2 aromatic carbocycles. The van der Waals surface area contributed by atoms with Crippen LogP contribution < -0.4 is 5.32 Å². The van der Waals surface area contributed by atoms with E-state index in [-0.39, 0.29) is 18.2 Å². The van der Waals surface area contributed by atoms with Gasteiger partial charge in [-0.05, 0) is 79.1 Å². The smallest absolute Gasteiger partial charge is 0.255 e. The van der Waals surface area contributed by atoms with E-state index in [1.165, 1.54) is 30.5 Å². The molecule has 0 unspecified atom stereocenters. The van der Waals surface area contributed by atoms with Crippen LogP contribution in [0, 0.1) is 24.1 Å². The summed E-state index contributed by atoms with van der Waals surface area (Å²) in [5.74, 6) is -0.0286. The molecule has 2 N–H and O–H groups in total. The minimum absolute atomic E-state index is 0.119. The number of amides is 2. The molecular weight excluding hydrogens is 507 g/mol. The Balaban J connectivity index is 1.23. The molecule has 200 valence electrons. The van der Waals surface area contributed by atoms with Gasteiger partial charge >= 0.3 is 0 Å². The van der Waals surface area contributed by atoms with Gasteiger partial charge in [0.15, 0.2) is 5.82 Å². The van der Waals surface area contributed by atoms with Crippen molar-refractivity contribution in [1.82, 2.24) is 19.9 Å². The number of rotatable bonds is 6. The highest BCUT2D eigenvalue weighted by Crippen LogP contribution is 2.40. The molecular formula is C31H27FN6O2. The molecule has 0 bridgehead atoms. The van der Waals surface area contributed by atoms with E-state index in [4.69, 9.17) is 5.26 Å². The Morgan fingerprint density at radius 3 is 2.70 bits per heavy atom. The van der Waals surface area contributed by atoms with Crippen molar-refractivity contribution in [2.75, 3.05) is 18.4 Å². The first kappa shape index (κ1) is 25.4. The summed E-state index contributed by atoms with van der Waals surface area (Å²) >= 11 is 0. The third-order valence-corrected chi connectivity index (χ3v) is 7.59. The molecule has 2 aliphatic rings. The zero-order valence-electron chi connectivity index (χ0n) is 22.0. The summed E-state index contributed by atoms with van der Waals surface area (Å²) in [6.45, 7) is 2.80. The molecule has 1 fully saturated rings. The van der Waals surface area contributed by atoms with E-state index >= 15 is 0 Å². The van der Waals surface area contributed by atoms with Crippen LogP contribution in [0.2, 0.25) is 0 Å². The number of carbonyl (C=O) groups is 2. The van der Waals surface area contributed by atoms with E-state index in [9.17, 15) is 14.0 Å². The number of benzene rings is 2. The third-order valence-electron chi connectivity index (χ3n) is 7.59. The lowest BCUT2D eigenvalue weighted by Crippen LogP contribution is -2.34. The summed E-state index contributed by atoms with van der Waals surface area (Å²) in [7, 11) is 0. The largest absolute Gasteiger partial charge is 0.339 e. The molecule has 4 aromatic rings. The van der Waals surface area contributed by atoms with Crippen LogP contribution in [0.5, 0.6) is 0 Å². The first-order chi connectivity index (χ1) is 19.4. The molecule has 1 aliphatic carbocycles. The number of aromatic amines is 1. The summed E-state index contributed by atoms with van der Waals surface area (Å²) in [5, 5.41) is 12.4. The summed E-state index contributed by atoms with van der Waals surface area (Å²) in [5.41, 5.74) is 5.81. The molecule has 0 radical (unpaired) electrons. The van der Waals surface area contributed by atoms with E-state index in [1.54, 1.807) is 18.0 Å². The summed E-state index contributed by atoms with van der Waals surface area (Å²) in [6.07, 6.45) is 6.58. The molecule has 0 atom stereocenters. The zero-order valence-corrected chi connectivity index (χ0v) is 22.0. The molecule has 8 nitrogen and oxygen atoms in total. The molecule has 0 spiro atoms. The van der Waals surface area contributed by atoms with Gasteiger partial charge in [0.2, 0.25) is 5.91 Å². The second-order valence-corrected chi connectivity index (χ2v) is 10.3. The Morgan fingerprint density at radius 1 is 1.20 bits per heavy atom. The van der Waals surface area contributed by atoms with Crippen molar-refractivity contribution in [2.45, 2.75) is 38.5 Å². The zero-order chi connectivity index (χ0) is 27.8. The highest BCUT2D eigenvalue weighted by Gasteiger charge is 2.24. The van der Waals surface area contributed by atoms with E-state index < -0.39 is 5.82 Å². The lowest BCUT2D eigenvalue weighted by atomic mass is 10.0. The van der Waals surface area contributed by atoms with Crippen molar-refractivity contribution in [1.29, 1.82) is 5.26 Å². The van der Waals surface area contributed by atoms with E-state index in [0.29, 0.717) is 59.3 Å². The van der Waals surface area contributed by atoms with Gasteiger partial charge in [-0.2, -0.15) is 5.26 Å². The highest BCUT2D eigenvalue weighted by atomic mass is 19.1. The highest BCUT2D eigenvalue weighted by molar-refractivity contribution is 6.05. The second-order valence-electron chi connectivity index (χ2n) is 10.3. The minimum Gasteiger partial charge on any atom is -0.339 e. The molecule has 3 heterocycles. The lowest BCUT2D eigenvalue weighted by molar-refractivity contribution is -0.129. The van der Waals surface area contributed by atoms with Crippen molar-refractivity contribution >= 4 is 34.1 Å². The number of hydrogen-bond donors (Lipinski definition) is 2. The standard InChI is InChI=1S/C31H27FN6O2/c1-18-25(15-24(32)16-26(18)36-31(40)22-6-4-20(5-7-22)19-2-3-19)30-34-17-23-14-27(35-29(23)37-30)21-9-12-38(13-10-21)28(39)8-11-33/h4-7,9,14-17,19H,2-3,8,10,12-13H2,1H3,(H,36,40)(H,34,35,37). The third kappa shape index (κ3) is 5.08. The van der Waals surface area contributed by atoms with Gasteiger partial charge < -0.3 is 15.2 Å². The van der Waals surface area contributed by atoms with Crippen LogP contribution >= 0.6 is 0 Å². The van der Waals surface area contributed by atoms with Crippen LogP contribution in [-0.2, 0) is 4.79 Å². The first-order valence-corrected chi connectivity index (χ1v) is 13.3. The summed E-state index contributed by atoms with van der Waals surface area (Å²) in [4.78, 5) is 39.1. The molecule has 9 heteroatoms. The fraction of sp³-hybridized carbons (Fsp3) is 0.258. The maximum Gasteiger partial charge on any atom is 0.255 e. The Labute approximate surface area is 230 Å². The van der Waals surface area contributed by atoms with Gasteiger partial charge in [-0.25, -0.2) is 14.4 Å². The first-order valence-electron chi connectivity index (χ1n) is 13.3. The molecule has 40 heavy (non-hydrogen) atoms. The number of carbonyl (C=O) groups excluding carboxylic acids is 2. The maximum absolute atomic E-state index is 14.7. The van der Waals surface area contributed by atoms with Crippen molar-refractivity contribution in [3.8, 4) is 17.5 Å². The molecule has 2 aromatic heterocycles. The van der Waals surface area contributed by atoms with Gasteiger partial charge in [-0.3, -0.25) is 9.59 Å². The molecule has 0 saturated heterocycles. The topological polar surface area (TPSA) is 115 Å². The van der Waals surface area contributed by atoms with E-state index in [1.807, 2.05) is 42.5 Å². The predicted molar refractivity (Wildman–Crippen MR) is 150 cm³/mol.